The second kappa shape index (κ2) is 7.83. The number of nitriles is 1. The van der Waals surface area contributed by atoms with E-state index in [1.165, 1.54) is 6.20 Å². The predicted molar refractivity (Wildman–Crippen MR) is 99.7 cm³/mol. The van der Waals surface area contributed by atoms with Crippen molar-refractivity contribution in [2.75, 3.05) is 17.2 Å². The van der Waals surface area contributed by atoms with Crippen LogP contribution in [0.3, 0.4) is 0 Å². The van der Waals surface area contributed by atoms with Gasteiger partial charge < -0.3 is 15.7 Å². The summed E-state index contributed by atoms with van der Waals surface area (Å²) in [5.41, 5.74) is -0.764. The van der Waals surface area contributed by atoms with E-state index >= 15 is 0 Å². The summed E-state index contributed by atoms with van der Waals surface area (Å²) in [7, 11) is 0. The van der Waals surface area contributed by atoms with Gasteiger partial charge in [0.2, 0.25) is 5.95 Å². The van der Waals surface area contributed by atoms with Crippen LogP contribution in [0.15, 0.2) is 24.7 Å². The first-order chi connectivity index (χ1) is 13.7. The molecule has 2 atom stereocenters. The Bertz CT molecular complexity index is 925. The van der Waals surface area contributed by atoms with Gasteiger partial charge in [-0.15, -0.1) is 0 Å². The summed E-state index contributed by atoms with van der Waals surface area (Å²) >= 11 is 0. The Morgan fingerprint density at radius 2 is 2.10 bits per heavy atom. The van der Waals surface area contributed by atoms with Crippen LogP contribution in [-0.4, -0.2) is 32.7 Å². The topological polar surface area (TPSA) is 107 Å². The minimum absolute atomic E-state index is 0.00431. The third-order valence-corrected chi connectivity index (χ3v) is 5.56. The monoisotopic (exact) mass is 406 g/mol. The molecule has 2 aromatic heterocycles. The van der Waals surface area contributed by atoms with Crippen LogP contribution < -0.4 is 10.6 Å². The molecule has 1 saturated carbocycles. The second-order valence-electron chi connectivity index (χ2n) is 7.59. The first-order valence-corrected chi connectivity index (χ1v) is 9.05. The Morgan fingerprint density at radius 1 is 1.34 bits per heavy atom. The predicted octanol–water partition coefficient (Wildman–Crippen LogP) is 3.19. The van der Waals surface area contributed by atoms with Crippen LogP contribution in [0.5, 0.6) is 0 Å². The average Bonchev–Trinajstić information content (AvgIpc) is 2.68. The summed E-state index contributed by atoms with van der Waals surface area (Å²) in [5, 5.41) is 24.7. The molecule has 1 aliphatic carbocycles. The number of hydrogen-bond acceptors (Lipinski definition) is 7. The van der Waals surface area contributed by atoms with Crippen molar-refractivity contribution in [3.63, 3.8) is 0 Å². The minimum atomic E-state index is -4.49. The van der Waals surface area contributed by atoms with E-state index < -0.39 is 11.7 Å². The highest BCUT2D eigenvalue weighted by Gasteiger charge is 2.47. The zero-order chi connectivity index (χ0) is 21.2. The number of nitrogens with zero attached hydrogens (tertiary/aromatic N) is 4. The molecule has 3 rings (SSSR count). The van der Waals surface area contributed by atoms with Gasteiger partial charge in [0.05, 0.1) is 11.8 Å². The van der Waals surface area contributed by atoms with Crippen molar-refractivity contribution in [2.45, 2.75) is 39.0 Å². The lowest BCUT2D eigenvalue weighted by Crippen LogP contribution is -2.54. The number of nitrogens with one attached hydrogen (secondary N) is 2. The summed E-state index contributed by atoms with van der Waals surface area (Å²) in [6, 6.07) is 2.93. The lowest BCUT2D eigenvalue weighted by atomic mass is 9.59. The third-order valence-electron chi connectivity index (χ3n) is 5.56. The van der Waals surface area contributed by atoms with E-state index in [0.29, 0.717) is 5.82 Å². The second-order valence-corrected chi connectivity index (χ2v) is 7.59. The Morgan fingerprint density at radius 3 is 2.72 bits per heavy atom. The maximum Gasteiger partial charge on any atom is 0.416 e. The highest BCUT2D eigenvalue weighted by atomic mass is 19.4. The number of aromatic nitrogens is 3. The average molecular weight is 406 g/mol. The number of rotatable bonds is 6. The first-order valence-electron chi connectivity index (χ1n) is 9.05. The van der Waals surface area contributed by atoms with Crippen LogP contribution in [0.1, 0.15) is 37.0 Å². The molecular formula is C19H21F3N6O. The molecule has 0 radical (unpaired) electrons. The van der Waals surface area contributed by atoms with Crippen molar-refractivity contribution in [2.24, 2.45) is 11.3 Å². The SMILES string of the molecule is CC1(C)C(CO)CC1Nc1nc(NCc2cnccc2C(F)(F)F)ncc1C#N. The minimum Gasteiger partial charge on any atom is -0.396 e. The van der Waals surface area contributed by atoms with Crippen LogP contribution >= 0.6 is 0 Å². The van der Waals surface area contributed by atoms with Gasteiger partial charge in [-0.2, -0.15) is 23.4 Å². The Kier molecular flexibility index (Phi) is 5.61. The van der Waals surface area contributed by atoms with Gasteiger partial charge >= 0.3 is 6.18 Å². The maximum atomic E-state index is 13.1. The molecule has 1 fully saturated rings. The number of aliphatic hydroxyl groups is 1. The van der Waals surface area contributed by atoms with Gasteiger partial charge in [0.15, 0.2) is 0 Å². The van der Waals surface area contributed by atoms with E-state index in [9.17, 15) is 23.5 Å². The molecule has 3 N–H and O–H groups in total. The van der Waals surface area contributed by atoms with E-state index in [2.05, 4.69) is 25.6 Å². The molecule has 7 nitrogen and oxygen atoms in total. The molecule has 2 unspecified atom stereocenters. The van der Waals surface area contributed by atoms with Crippen molar-refractivity contribution in [1.29, 1.82) is 5.26 Å². The van der Waals surface area contributed by atoms with E-state index in [1.54, 1.807) is 0 Å². The maximum absolute atomic E-state index is 13.1. The van der Waals surface area contributed by atoms with Crippen LogP contribution in [0.25, 0.3) is 0 Å². The molecule has 0 amide bonds. The van der Waals surface area contributed by atoms with Crippen LogP contribution in [0.2, 0.25) is 0 Å². The number of alkyl halides is 3. The lowest BCUT2D eigenvalue weighted by molar-refractivity contribution is -0.138. The van der Waals surface area contributed by atoms with E-state index in [4.69, 9.17) is 0 Å². The molecule has 2 heterocycles. The smallest absolute Gasteiger partial charge is 0.396 e. The quantitative estimate of drug-likeness (QED) is 0.676. The number of halogens is 3. The fourth-order valence-electron chi connectivity index (χ4n) is 3.41. The molecule has 0 saturated heterocycles. The number of hydrogen-bond donors (Lipinski definition) is 3. The molecule has 0 aliphatic heterocycles. The zero-order valence-electron chi connectivity index (χ0n) is 16.0. The van der Waals surface area contributed by atoms with Crippen molar-refractivity contribution in [3.05, 3.63) is 41.3 Å². The van der Waals surface area contributed by atoms with Crippen molar-refractivity contribution in [1.82, 2.24) is 15.0 Å². The lowest BCUT2D eigenvalue weighted by Gasteiger charge is -2.52. The molecule has 1 aliphatic rings. The Balaban J connectivity index is 1.76. The van der Waals surface area contributed by atoms with Crippen molar-refractivity contribution < 1.29 is 18.3 Å². The zero-order valence-corrected chi connectivity index (χ0v) is 16.0. The normalized spacial score (nSPS) is 20.4. The largest absolute Gasteiger partial charge is 0.416 e. The molecule has 154 valence electrons. The van der Waals surface area contributed by atoms with Gasteiger partial charge in [-0.1, -0.05) is 13.8 Å². The van der Waals surface area contributed by atoms with E-state index in [1.807, 2.05) is 19.9 Å². The molecule has 0 bridgehead atoms. The highest BCUT2D eigenvalue weighted by molar-refractivity contribution is 5.54. The molecule has 2 aromatic rings. The van der Waals surface area contributed by atoms with Crippen LogP contribution in [-0.2, 0) is 12.7 Å². The highest BCUT2D eigenvalue weighted by Crippen LogP contribution is 2.47. The summed E-state index contributed by atoms with van der Waals surface area (Å²) in [6.07, 6.45) is -0.207. The van der Waals surface area contributed by atoms with E-state index in [0.717, 1.165) is 24.9 Å². The van der Waals surface area contributed by atoms with Gasteiger partial charge in [0.25, 0.3) is 0 Å². The number of pyridine rings is 1. The van der Waals surface area contributed by atoms with Crippen molar-refractivity contribution in [3.8, 4) is 6.07 Å². The van der Waals surface area contributed by atoms with Gasteiger partial charge in [-0.05, 0) is 23.8 Å². The van der Waals surface area contributed by atoms with Crippen LogP contribution in [0.4, 0.5) is 24.9 Å². The Labute approximate surface area is 166 Å². The van der Waals surface area contributed by atoms with Gasteiger partial charge in [0, 0.05) is 37.2 Å². The first kappa shape index (κ1) is 20.8. The summed E-state index contributed by atoms with van der Waals surface area (Å²) < 4.78 is 39.3. The third kappa shape index (κ3) is 4.24. The molecule has 0 aromatic carbocycles. The molecular weight excluding hydrogens is 385 g/mol. The summed E-state index contributed by atoms with van der Waals surface area (Å²) in [6.45, 7) is 3.94. The number of anilines is 2. The Hall–Kier alpha value is -2.93. The molecule has 29 heavy (non-hydrogen) atoms. The van der Waals surface area contributed by atoms with Crippen LogP contribution in [0, 0.1) is 22.7 Å². The van der Waals surface area contributed by atoms with Gasteiger partial charge in [-0.3, -0.25) is 4.98 Å². The fraction of sp³-hybridized carbons (Fsp3) is 0.474. The standard InChI is InChI=1S/C19H21F3N6O/c1-18(2)13(10-29)5-15(18)27-16-11(6-23)8-25-17(28-16)26-9-12-7-24-4-3-14(12)19(20,21)22/h3-4,7-8,13,15,29H,5,9-10H2,1-2H3,(H2,25,26,27,28). The van der Waals surface area contributed by atoms with Crippen molar-refractivity contribution >= 4 is 11.8 Å². The fourth-order valence-corrected chi connectivity index (χ4v) is 3.41. The van der Waals surface area contributed by atoms with E-state index in [-0.39, 0.29) is 47.6 Å². The number of aliphatic hydroxyl groups excluding tert-OH is 1. The summed E-state index contributed by atoms with van der Waals surface area (Å²) in [4.78, 5) is 12.0. The summed E-state index contributed by atoms with van der Waals surface area (Å²) in [5.74, 6) is 0.553. The molecule has 0 spiro atoms. The van der Waals surface area contributed by atoms with Gasteiger partial charge in [0.1, 0.15) is 17.5 Å². The van der Waals surface area contributed by atoms with Gasteiger partial charge in [-0.25, -0.2) is 4.98 Å². The molecule has 10 heteroatoms.